The fourth-order valence-corrected chi connectivity index (χ4v) is 1.77. The predicted octanol–water partition coefficient (Wildman–Crippen LogP) is 0.0667. The summed E-state index contributed by atoms with van der Waals surface area (Å²) in [4.78, 5) is 33.9. The second kappa shape index (κ2) is 7.27. The lowest BCUT2D eigenvalue weighted by molar-refractivity contribution is -0.128. The van der Waals surface area contributed by atoms with Gasteiger partial charge in [-0.05, 0) is 24.3 Å². The third kappa shape index (κ3) is 4.09. The van der Waals surface area contributed by atoms with Crippen LogP contribution < -0.4 is 21.5 Å². The van der Waals surface area contributed by atoms with Gasteiger partial charge < -0.3 is 25.9 Å². The van der Waals surface area contributed by atoms with Crippen molar-refractivity contribution in [3.8, 4) is 5.75 Å². The topological polar surface area (TPSA) is 138 Å². The number of furan rings is 1. The fraction of sp³-hybridized carbons (Fsp3) is 0.133. The second-order valence-corrected chi connectivity index (χ2v) is 4.70. The van der Waals surface area contributed by atoms with Gasteiger partial charge in [-0.3, -0.25) is 14.4 Å². The molecule has 24 heavy (non-hydrogen) atoms. The number of amides is 3. The van der Waals surface area contributed by atoms with Gasteiger partial charge in [0.05, 0.1) is 0 Å². The normalized spacial score (nSPS) is 10.4. The third-order valence-corrected chi connectivity index (χ3v) is 2.94. The molecule has 1 heterocycles. The van der Waals surface area contributed by atoms with Gasteiger partial charge in [-0.25, -0.2) is 4.39 Å². The van der Waals surface area contributed by atoms with Crippen LogP contribution in [0.3, 0.4) is 0 Å². The van der Waals surface area contributed by atoms with E-state index in [9.17, 15) is 18.8 Å². The second-order valence-electron chi connectivity index (χ2n) is 4.70. The first-order valence-electron chi connectivity index (χ1n) is 6.74. The Balaban J connectivity index is 1.99. The minimum absolute atomic E-state index is 0.0300. The van der Waals surface area contributed by atoms with Gasteiger partial charge >= 0.3 is 0 Å². The van der Waals surface area contributed by atoms with Crippen LogP contribution in [0.5, 0.6) is 5.75 Å². The number of hydrogen-bond acceptors (Lipinski definition) is 5. The summed E-state index contributed by atoms with van der Waals surface area (Å²) in [6.07, 6.45) is 0. The molecule has 1 aromatic heterocycles. The molecule has 0 aliphatic carbocycles. The lowest BCUT2D eigenvalue weighted by Gasteiger charge is -2.10. The van der Waals surface area contributed by atoms with Crippen LogP contribution in [0, 0.1) is 5.82 Å². The van der Waals surface area contributed by atoms with Crippen LogP contribution in [0.4, 0.5) is 4.39 Å². The minimum atomic E-state index is -1.65. The standard InChI is InChI=1S/C15H14FN3O5/c16-9-3-1-2-4-10(9)23-7-8-5-6-11(24-8)15(22)19-12(13(17)20)14(18)21/h1-6,12H,7H2,(H2,17,20)(H2,18,21)(H,19,22). The largest absolute Gasteiger partial charge is 0.483 e. The maximum absolute atomic E-state index is 13.4. The SMILES string of the molecule is NC(=O)C(NC(=O)c1ccc(COc2ccccc2F)o1)C(N)=O. The maximum Gasteiger partial charge on any atom is 0.288 e. The number of ether oxygens (including phenoxy) is 1. The number of rotatable bonds is 7. The number of carbonyl (C=O) groups excluding carboxylic acids is 3. The van der Waals surface area contributed by atoms with E-state index in [0.717, 1.165) is 0 Å². The molecule has 0 saturated carbocycles. The maximum atomic E-state index is 13.4. The third-order valence-electron chi connectivity index (χ3n) is 2.94. The van der Waals surface area contributed by atoms with Gasteiger partial charge in [-0.15, -0.1) is 0 Å². The summed E-state index contributed by atoms with van der Waals surface area (Å²) in [5, 5.41) is 2.05. The zero-order chi connectivity index (χ0) is 17.7. The van der Waals surface area contributed by atoms with Crippen molar-refractivity contribution < 1.29 is 27.9 Å². The smallest absolute Gasteiger partial charge is 0.288 e. The fourth-order valence-electron chi connectivity index (χ4n) is 1.77. The average Bonchev–Trinajstić information content (AvgIpc) is 3.00. The van der Waals surface area contributed by atoms with Crippen LogP contribution in [0.1, 0.15) is 16.3 Å². The molecule has 0 aliphatic rings. The summed E-state index contributed by atoms with van der Waals surface area (Å²) in [7, 11) is 0. The van der Waals surface area contributed by atoms with Crippen molar-refractivity contribution >= 4 is 17.7 Å². The van der Waals surface area contributed by atoms with Gasteiger partial charge in [-0.1, -0.05) is 12.1 Å². The highest BCUT2D eigenvalue weighted by atomic mass is 19.1. The first-order valence-corrected chi connectivity index (χ1v) is 6.74. The summed E-state index contributed by atoms with van der Waals surface area (Å²) in [5.74, 6) is -3.49. The van der Waals surface area contributed by atoms with E-state index in [4.69, 9.17) is 20.6 Å². The van der Waals surface area contributed by atoms with Crippen LogP contribution in [-0.4, -0.2) is 23.8 Å². The zero-order valence-electron chi connectivity index (χ0n) is 12.3. The van der Waals surface area contributed by atoms with Gasteiger partial charge in [0.25, 0.3) is 5.91 Å². The van der Waals surface area contributed by atoms with Gasteiger partial charge in [0, 0.05) is 0 Å². The molecule has 2 rings (SSSR count). The molecule has 0 atom stereocenters. The molecule has 2 aromatic rings. The summed E-state index contributed by atoms with van der Waals surface area (Å²) in [5.41, 5.74) is 9.91. The van der Waals surface area contributed by atoms with Crippen molar-refractivity contribution in [2.75, 3.05) is 0 Å². The van der Waals surface area contributed by atoms with Crippen molar-refractivity contribution in [2.45, 2.75) is 12.6 Å². The monoisotopic (exact) mass is 335 g/mol. The van der Waals surface area contributed by atoms with E-state index in [1.807, 2.05) is 5.32 Å². The highest BCUT2D eigenvalue weighted by Crippen LogP contribution is 2.18. The number of para-hydroxylation sites is 1. The van der Waals surface area contributed by atoms with E-state index in [0.29, 0.717) is 0 Å². The highest BCUT2D eigenvalue weighted by Gasteiger charge is 2.25. The first-order chi connectivity index (χ1) is 11.4. The predicted molar refractivity (Wildman–Crippen MR) is 79.1 cm³/mol. The number of halogens is 1. The number of primary amides is 2. The van der Waals surface area contributed by atoms with Crippen LogP contribution in [0.2, 0.25) is 0 Å². The zero-order valence-corrected chi connectivity index (χ0v) is 12.3. The molecule has 0 saturated heterocycles. The summed E-state index contributed by atoms with van der Waals surface area (Å²) in [6, 6.07) is 6.88. The molecule has 0 spiro atoms. The first kappa shape index (κ1) is 17.0. The molecule has 0 radical (unpaired) electrons. The summed E-state index contributed by atoms with van der Waals surface area (Å²) < 4.78 is 23.8. The Labute approximate surface area is 135 Å². The van der Waals surface area contributed by atoms with E-state index < -0.39 is 29.6 Å². The quantitative estimate of drug-likeness (QED) is 0.615. The van der Waals surface area contributed by atoms with E-state index >= 15 is 0 Å². The molecule has 0 fully saturated rings. The molecule has 3 amide bonds. The van der Waals surface area contributed by atoms with E-state index in [1.165, 1.54) is 30.3 Å². The number of carbonyl (C=O) groups is 3. The summed E-state index contributed by atoms with van der Waals surface area (Å²) in [6.45, 7) is -0.122. The number of nitrogens with one attached hydrogen (secondary N) is 1. The Morgan fingerprint density at radius 1 is 1.12 bits per heavy atom. The van der Waals surface area contributed by atoms with E-state index in [2.05, 4.69) is 0 Å². The Morgan fingerprint density at radius 2 is 1.79 bits per heavy atom. The summed E-state index contributed by atoms with van der Waals surface area (Å²) >= 11 is 0. The van der Waals surface area contributed by atoms with Crippen molar-refractivity contribution in [1.29, 1.82) is 0 Å². The van der Waals surface area contributed by atoms with Crippen LogP contribution in [-0.2, 0) is 16.2 Å². The lowest BCUT2D eigenvalue weighted by atomic mass is 10.2. The Hall–Kier alpha value is -3.36. The minimum Gasteiger partial charge on any atom is -0.483 e. The Bertz CT molecular complexity index is 760. The number of benzene rings is 1. The van der Waals surface area contributed by atoms with Crippen LogP contribution >= 0.6 is 0 Å². The van der Waals surface area contributed by atoms with E-state index in [-0.39, 0.29) is 23.9 Å². The van der Waals surface area contributed by atoms with Gasteiger partial charge in [-0.2, -0.15) is 0 Å². The Morgan fingerprint density at radius 3 is 2.42 bits per heavy atom. The molecule has 0 unspecified atom stereocenters. The van der Waals surface area contributed by atoms with Gasteiger partial charge in [0.2, 0.25) is 11.8 Å². The Kier molecular flexibility index (Phi) is 5.15. The molecule has 0 aliphatic heterocycles. The van der Waals surface area contributed by atoms with Crippen LogP contribution in [0.25, 0.3) is 0 Å². The lowest BCUT2D eigenvalue weighted by Crippen LogP contribution is -2.52. The highest BCUT2D eigenvalue weighted by molar-refractivity contribution is 6.07. The van der Waals surface area contributed by atoms with Crippen LogP contribution in [0.15, 0.2) is 40.8 Å². The molecule has 1 aromatic carbocycles. The van der Waals surface area contributed by atoms with Crippen molar-refractivity contribution in [3.63, 3.8) is 0 Å². The molecular formula is C15H14FN3O5. The number of nitrogens with two attached hydrogens (primary N) is 2. The van der Waals surface area contributed by atoms with Crippen molar-refractivity contribution in [1.82, 2.24) is 5.32 Å². The van der Waals surface area contributed by atoms with Gasteiger partial charge in [0.1, 0.15) is 12.4 Å². The average molecular weight is 335 g/mol. The molecule has 5 N–H and O–H groups in total. The molecule has 126 valence electrons. The van der Waals surface area contributed by atoms with Crippen molar-refractivity contribution in [3.05, 3.63) is 53.7 Å². The molecule has 9 heteroatoms. The van der Waals surface area contributed by atoms with Crippen molar-refractivity contribution in [2.24, 2.45) is 11.5 Å². The number of hydrogen-bond donors (Lipinski definition) is 3. The molecular weight excluding hydrogens is 321 g/mol. The van der Waals surface area contributed by atoms with E-state index in [1.54, 1.807) is 6.07 Å². The van der Waals surface area contributed by atoms with Gasteiger partial charge in [0.15, 0.2) is 23.4 Å². The molecule has 0 bridgehead atoms. The molecule has 8 nitrogen and oxygen atoms in total.